The fraction of sp³-hybridized carbons (Fsp3) is 0.214. The van der Waals surface area contributed by atoms with Crippen molar-refractivity contribution in [3.05, 3.63) is 58.3 Å². The second-order valence-corrected chi connectivity index (χ2v) is 4.75. The summed E-state index contributed by atoms with van der Waals surface area (Å²) < 4.78 is 0. The Bertz CT molecular complexity index is 476. The van der Waals surface area contributed by atoms with Crippen molar-refractivity contribution in [2.45, 2.75) is 13.0 Å². The van der Waals surface area contributed by atoms with Crippen molar-refractivity contribution in [3.63, 3.8) is 0 Å². The third-order valence-electron chi connectivity index (χ3n) is 2.58. The summed E-state index contributed by atoms with van der Waals surface area (Å²) >= 11 is 1.67. The van der Waals surface area contributed by atoms with Crippen LogP contribution in [0.5, 0.6) is 0 Å². The molecule has 0 fully saturated rings. The first-order valence-electron chi connectivity index (χ1n) is 5.55. The van der Waals surface area contributed by atoms with Gasteiger partial charge in [-0.05, 0) is 23.9 Å². The SMILES string of the molecule is CC(=N[C@H](CO)c1ccccc1)c1cccs1. The summed E-state index contributed by atoms with van der Waals surface area (Å²) in [5.41, 5.74) is 2.02. The number of hydrogen-bond acceptors (Lipinski definition) is 3. The van der Waals surface area contributed by atoms with Gasteiger partial charge in [0.15, 0.2) is 0 Å². The van der Waals surface area contributed by atoms with Crippen LogP contribution >= 0.6 is 11.3 Å². The van der Waals surface area contributed by atoms with Crippen molar-refractivity contribution in [1.82, 2.24) is 0 Å². The summed E-state index contributed by atoms with van der Waals surface area (Å²) in [5, 5.41) is 11.5. The van der Waals surface area contributed by atoms with Crippen LogP contribution in [0.1, 0.15) is 23.4 Å². The molecule has 1 aromatic carbocycles. The zero-order valence-electron chi connectivity index (χ0n) is 9.71. The number of thiophene rings is 1. The quantitative estimate of drug-likeness (QED) is 0.824. The van der Waals surface area contributed by atoms with Crippen molar-refractivity contribution < 1.29 is 5.11 Å². The first-order chi connectivity index (χ1) is 8.31. The fourth-order valence-corrected chi connectivity index (χ4v) is 2.36. The Morgan fingerprint density at radius 3 is 2.59 bits per heavy atom. The Kier molecular flexibility index (Phi) is 4.07. The number of rotatable bonds is 4. The van der Waals surface area contributed by atoms with E-state index in [-0.39, 0.29) is 12.6 Å². The summed E-state index contributed by atoms with van der Waals surface area (Å²) in [6, 6.07) is 13.8. The van der Waals surface area contributed by atoms with Crippen LogP contribution in [-0.4, -0.2) is 17.4 Å². The number of aliphatic imine (C=N–C) groups is 1. The van der Waals surface area contributed by atoms with Gasteiger partial charge in [-0.3, -0.25) is 4.99 Å². The molecule has 2 rings (SSSR count). The number of nitrogens with zero attached hydrogens (tertiary/aromatic N) is 1. The maximum Gasteiger partial charge on any atom is 0.0983 e. The van der Waals surface area contributed by atoms with E-state index in [0.29, 0.717) is 0 Å². The molecule has 2 nitrogen and oxygen atoms in total. The van der Waals surface area contributed by atoms with Crippen molar-refractivity contribution >= 4 is 17.0 Å². The first kappa shape index (κ1) is 12.0. The van der Waals surface area contributed by atoms with E-state index in [2.05, 4.69) is 4.99 Å². The van der Waals surface area contributed by atoms with Crippen LogP contribution in [0.2, 0.25) is 0 Å². The molecule has 0 unspecified atom stereocenters. The lowest BCUT2D eigenvalue weighted by atomic mass is 10.1. The largest absolute Gasteiger partial charge is 0.394 e. The Morgan fingerprint density at radius 1 is 1.24 bits per heavy atom. The van der Waals surface area contributed by atoms with Gasteiger partial charge in [0.05, 0.1) is 12.6 Å². The Balaban J connectivity index is 2.23. The molecular weight excluding hydrogens is 230 g/mol. The van der Waals surface area contributed by atoms with E-state index in [1.165, 1.54) is 0 Å². The normalized spacial score (nSPS) is 13.6. The molecule has 1 atom stereocenters. The van der Waals surface area contributed by atoms with Gasteiger partial charge < -0.3 is 5.11 Å². The van der Waals surface area contributed by atoms with Crippen molar-refractivity contribution in [3.8, 4) is 0 Å². The standard InChI is InChI=1S/C14H15NOS/c1-11(14-8-5-9-17-14)15-13(10-16)12-6-3-2-4-7-12/h2-9,13,16H,10H2,1H3/t13-/m1/s1. The van der Waals surface area contributed by atoms with E-state index < -0.39 is 0 Å². The van der Waals surface area contributed by atoms with Crippen molar-refractivity contribution in [2.24, 2.45) is 4.99 Å². The van der Waals surface area contributed by atoms with E-state index >= 15 is 0 Å². The molecule has 0 saturated heterocycles. The molecule has 0 saturated carbocycles. The van der Waals surface area contributed by atoms with E-state index in [1.807, 2.05) is 54.8 Å². The predicted molar refractivity (Wildman–Crippen MR) is 72.8 cm³/mol. The molecule has 0 bridgehead atoms. The zero-order valence-corrected chi connectivity index (χ0v) is 10.5. The second kappa shape index (κ2) is 5.75. The van der Waals surface area contributed by atoms with Gasteiger partial charge in [0.25, 0.3) is 0 Å². The minimum Gasteiger partial charge on any atom is -0.394 e. The predicted octanol–water partition coefficient (Wildman–Crippen LogP) is 3.29. The third-order valence-corrected chi connectivity index (χ3v) is 3.56. The lowest BCUT2D eigenvalue weighted by molar-refractivity contribution is 0.269. The molecule has 0 aliphatic carbocycles. The number of benzene rings is 1. The highest BCUT2D eigenvalue weighted by molar-refractivity contribution is 7.12. The highest BCUT2D eigenvalue weighted by Crippen LogP contribution is 2.19. The van der Waals surface area contributed by atoms with Gasteiger partial charge in [-0.2, -0.15) is 0 Å². The van der Waals surface area contributed by atoms with Crippen LogP contribution in [-0.2, 0) is 0 Å². The molecule has 88 valence electrons. The number of aliphatic hydroxyl groups excluding tert-OH is 1. The molecule has 0 radical (unpaired) electrons. The molecule has 0 amide bonds. The molecule has 1 aromatic heterocycles. The van der Waals surface area contributed by atoms with E-state index in [0.717, 1.165) is 16.2 Å². The Hall–Kier alpha value is -1.45. The minimum absolute atomic E-state index is 0.0345. The summed E-state index contributed by atoms with van der Waals surface area (Å²) in [5.74, 6) is 0. The Morgan fingerprint density at radius 2 is 2.00 bits per heavy atom. The topological polar surface area (TPSA) is 32.6 Å². The van der Waals surface area contributed by atoms with Gasteiger partial charge in [0, 0.05) is 10.6 Å². The first-order valence-corrected chi connectivity index (χ1v) is 6.43. The molecule has 1 heterocycles. The van der Waals surface area contributed by atoms with E-state index in [4.69, 9.17) is 0 Å². The van der Waals surface area contributed by atoms with Crippen LogP contribution in [0.25, 0.3) is 0 Å². The highest BCUT2D eigenvalue weighted by Gasteiger charge is 2.09. The monoisotopic (exact) mass is 245 g/mol. The van der Waals surface area contributed by atoms with Crippen LogP contribution in [0.4, 0.5) is 0 Å². The van der Waals surface area contributed by atoms with E-state index in [1.54, 1.807) is 11.3 Å². The van der Waals surface area contributed by atoms with Gasteiger partial charge in [-0.1, -0.05) is 36.4 Å². The summed E-state index contributed by atoms with van der Waals surface area (Å²) in [4.78, 5) is 5.74. The van der Waals surface area contributed by atoms with Gasteiger partial charge in [-0.15, -0.1) is 11.3 Å². The zero-order chi connectivity index (χ0) is 12.1. The molecule has 1 N–H and O–H groups in total. The van der Waals surface area contributed by atoms with Crippen molar-refractivity contribution in [2.75, 3.05) is 6.61 Å². The summed E-state index contributed by atoms with van der Waals surface area (Å²) in [6.07, 6.45) is 0. The average molecular weight is 245 g/mol. The number of hydrogen-bond donors (Lipinski definition) is 1. The molecule has 17 heavy (non-hydrogen) atoms. The minimum atomic E-state index is -0.168. The van der Waals surface area contributed by atoms with E-state index in [9.17, 15) is 5.11 Å². The third kappa shape index (κ3) is 3.02. The average Bonchev–Trinajstić information content (AvgIpc) is 2.90. The van der Waals surface area contributed by atoms with Crippen LogP contribution in [0.15, 0.2) is 52.8 Å². The molecule has 2 aromatic rings. The lowest BCUT2D eigenvalue weighted by Gasteiger charge is -2.10. The second-order valence-electron chi connectivity index (χ2n) is 3.80. The number of aliphatic hydroxyl groups is 1. The smallest absolute Gasteiger partial charge is 0.0983 e. The van der Waals surface area contributed by atoms with Gasteiger partial charge in [0.2, 0.25) is 0 Å². The van der Waals surface area contributed by atoms with Gasteiger partial charge >= 0.3 is 0 Å². The van der Waals surface area contributed by atoms with Crippen molar-refractivity contribution in [1.29, 1.82) is 0 Å². The summed E-state index contributed by atoms with van der Waals surface area (Å²) in [7, 11) is 0. The Labute approximate surface area is 105 Å². The molecule has 0 aliphatic heterocycles. The van der Waals surface area contributed by atoms with Crippen LogP contribution < -0.4 is 0 Å². The maximum absolute atomic E-state index is 9.42. The van der Waals surface area contributed by atoms with Gasteiger partial charge in [0.1, 0.15) is 0 Å². The molecule has 3 heteroatoms. The van der Waals surface area contributed by atoms with Crippen LogP contribution in [0, 0.1) is 0 Å². The molecule has 0 spiro atoms. The maximum atomic E-state index is 9.42. The fourth-order valence-electron chi connectivity index (χ4n) is 1.68. The van der Waals surface area contributed by atoms with Gasteiger partial charge in [-0.25, -0.2) is 0 Å². The van der Waals surface area contributed by atoms with Crippen LogP contribution in [0.3, 0.4) is 0 Å². The molecule has 0 aliphatic rings. The highest BCUT2D eigenvalue weighted by atomic mass is 32.1. The lowest BCUT2D eigenvalue weighted by Crippen LogP contribution is -2.04. The molecular formula is C14H15NOS. The summed E-state index contributed by atoms with van der Waals surface area (Å²) in [6.45, 7) is 2.02.